The fourth-order valence-corrected chi connectivity index (χ4v) is 4.19. The van der Waals surface area contributed by atoms with Crippen molar-refractivity contribution in [3.63, 3.8) is 0 Å². The van der Waals surface area contributed by atoms with Crippen LogP contribution in [0, 0.1) is 5.92 Å². The van der Waals surface area contributed by atoms with Crippen molar-refractivity contribution in [1.82, 2.24) is 24.2 Å². The second-order valence-corrected chi connectivity index (χ2v) is 8.12. The van der Waals surface area contributed by atoms with E-state index in [4.69, 9.17) is 4.74 Å². The number of likely N-dealkylation sites (tertiary alicyclic amines) is 1. The Morgan fingerprint density at radius 3 is 2.65 bits per heavy atom. The van der Waals surface area contributed by atoms with Gasteiger partial charge in [-0.15, -0.1) is 0 Å². The van der Waals surface area contributed by atoms with Crippen LogP contribution in [0.2, 0.25) is 0 Å². The van der Waals surface area contributed by atoms with E-state index in [2.05, 4.69) is 22.2 Å². The number of ether oxygens (including phenoxy) is 1. The zero-order chi connectivity index (χ0) is 21.8. The minimum atomic E-state index is -0.225. The summed E-state index contributed by atoms with van der Waals surface area (Å²) in [6.07, 6.45) is 7.10. The Kier molecular flexibility index (Phi) is 6.34. The lowest BCUT2D eigenvalue weighted by Gasteiger charge is -2.32. The fourth-order valence-electron chi connectivity index (χ4n) is 4.19. The summed E-state index contributed by atoms with van der Waals surface area (Å²) in [6, 6.07) is 8.32. The van der Waals surface area contributed by atoms with Crippen molar-refractivity contribution in [2.75, 3.05) is 19.7 Å². The molecule has 0 spiro atoms. The number of carbonyl (C=O) groups excluding carboxylic acids is 1. The average Bonchev–Trinajstić information content (AvgIpc) is 3.17. The second kappa shape index (κ2) is 9.32. The lowest BCUT2D eigenvalue weighted by atomic mass is 9.90. The van der Waals surface area contributed by atoms with Crippen molar-refractivity contribution in [1.29, 1.82) is 0 Å². The largest absolute Gasteiger partial charge is 0.494 e. The maximum Gasteiger partial charge on any atom is 0.264 e. The zero-order valence-electron chi connectivity index (χ0n) is 18.2. The molecule has 0 saturated carbocycles. The molecule has 1 amide bonds. The molecule has 0 bridgehead atoms. The molecule has 0 atom stereocenters. The van der Waals surface area contributed by atoms with Gasteiger partial charge in [-0.05, 0) is 56.2 Å². The SMILES string of the molecule is CCOc1ccc(CCC2CCN(C(=O)Cn3cnc4c(cnn4C)c3=O)CC2)cc1. The van der Waals surface area contributed by atoms with Crippen LogP contribution in [-0.2, 0) is 24.8 Å². The number of piperidine rings is 1. The molecule has 0 radical (unpaired) electrons. The van der Waals surface area contributed by atoms with Gasteiger partial charge in [0.2, 0.25) is 5.91 Å². The van der Waals surface area contributed by atoms with E-state index in [0.717, 1.165) is 44.5 Å². The molecule has 3 aromatic rings. The number of nitrogens with zero attached hydrogens (tertiary/aromatic N) is 5. The Labute approximate surface area is 181 Å². The smallest absolute Gasteiger partial charge is 0.264 e. The highest BCUT2D eigenvalue weighted by Gasteiger charge is 2.23. The molecule has 3 heterocycles. The van der Waals surface area contributed by atoms with Gasteiger partial charge in [0.15, 0.2) is 5.65 Å². The number of benzene rings is 1. The van der Waals surface area contributed by atoms with E-state index >= 15 is 0 Å². The first-order valence-electron chi connectivity index (χ1n) is 10.9. The predicted molar refractivity (Wildman–Crippen MR) is 118 cm³/mol. The van der Waals surface area contributed by atoms with Crippen LogP contribution in [-0.4, -0.2) is 49.8 Å². The van der Waals surface area contributed by atoms with Crippen molar-refractivity contribution < 1.29 is 9.53 Å². The minimum absolute atomic E-state index is 0.0213. The maximum atomic E-state index is 12.7. The summed E-state index contributed by atoms with van der Waals surface area (Å²) in [5, 5.41) is 4.50. The Morgan fingerprint density at radius 2 is 1.94 bits per heavy atom. The highest BCUT2D eigenvalue weighted by atomic mass is 16.5. The highest BCUT2D eigenvalue weighted by molar-refractivity contribution is 5.77. The number of hydrogen-bond donors (Lipinski definition) is 0. The molecule has 8 heteroatoms. The Bertz CT molecular complexity index is 1090. The van der Waals surface area contributed by atoms with Gasteiger partial charge in [0.05, 0.1) is 12.8 Å². The zero-order valence-corrected chi connectivity index (χ0v) is 18.2. The summed E-state index contributed by atoms with van der Waals surface area (Å²) in [5.41, 5.74) is 1.62. The third-order valence-corrected chi connectivity index (χ3v) is 6.07. The van der Waals surface area contributed by atoms with Crippen LogP contribution < -0.4 is 10.3 Å². The second-order valence-electron chi connectivity index (χ2n) is 8.12. The van der Waals surface area contributed by atoms with Gasteiger partial charge in [0.1, 0.15) is 24.0 Å². The van der Waals surface area contributed by atoms with Crippen LogP contribution in [0.4, 0.5) is 0 Å². The summed E-state index contributed by atoms with van der Waals surface area (Å²) < 4.78 is 8.43. The number of aryl methyl sites for hydroxylation is 2. The molecule has 1 saturated heterocycles. The first kappa shape index (κ1) is 21.1. The summed E-state index contributed by atoms with van der Waals surface area (Å²) in [6.45, 7) is 4.17. The van der Waals surface area contributed by atoms with Crippen molar-refractivity contribution in [2.45, 2.75) is 39.2 Å². The van der Waals surface area contributed by atoms with Crippen LogP contribution in [0.1, 0.15) is 31.7 Å². The Morgan fingerprint density at radius 1 is 1.19 bits per heavy atom. The topological polar surface area (TPSA) is 82.2 Å². The average molecular weight is 424 g/mol. The standard InChI is InChI=1S/C23H29N5O3/c1-3-31-19-8-6-17(7-9-19)4-5-18-10-12-27(13-11-18)21(29)15-28-16-24-22-20(23(28)30)14-25-26(22)2/h6-9,14,16,18H,3-5,10-13,15H2,1-2H3. The van der Waals surface area contributed by atoms with Gasteiger partial charge in [-0.1, -0.05) is 12.1 Å². The van der Waals surface area contributed by atoms with Crippen LogP contribution in [0.25, 0.3) is 11.0 Å². The Hall–Kier alpha value is -3.16. The van der Waals surface area contributed by atoms with E-state index in [1.165, 1.54) is 22.7 Å². The Balaban J connectivity index is 1.27. The normalized spacial score (nSPS) is 14.8. The summed E-state index contributed by atoms with van der Waals surface area (Å²) in [4.78, 5) is 31.5. The van der Waals surface area contributed by atoms with Crippen LogP contribution in [0.15, 0.2) is 41.6 Å². The van der Waals surface area contributed by atoms with Gasteiger partial charge in [0.25, 0.3) is 5.56 Å². The van der Waals surface area contributed by atoms with Gasteiger partial charge in [-0.25, -0.2) is 4.98 Å². The fraction of sp³-hybridized carbons (Fsp3) is 0.478. The molecule has 164 valence electrons. The first-order valence-corrected chi connectivity index (χ1v) is 10.9. The van der Waals surface area contributed by atoms with Gasteiger partial charge >= 0.3 is 0 Å². The van der Waals surface area contributed by atoms with Crippen molar-refractivity contribution in [3.8, 4) is 5.75 Å². The molecule has 31 heavy (non-hydrogen) atoms. The van der Waals surface area contributed by atoms with Crippen molar-refractivity contribution >= 4 is 16.9 Å². The molecule has 8 nitrogen and oxygen atoms in total. The molecule has 1 aromatic carbocycles. The highest BCUT2D eigenvalue weighted by Crippen LogP contribution is 2.23. The predicted octanol–water partition coefficient (Wildman–Crippen LogP) is 2.40. The van der Waals surface area contributed by atoms with E-state index in [9.17, 15) is 9.59 Å². The maximum absolute atomic E-state index is 12.7. The molecular weight excluding hydrogens is 394 g/mol. The van der Waals surface area contributed by atoms with Gasteiger partial charge in [-0.3, -0.25) is 18.8 Å². The van der Waals surface area contributed by atoms with E-state index in [1.807, 2.05) is 24.0 Å². The molecule has 1 fully saturated rings. The first-order chi connectivity index (χ1) is 15.0. The quantitative estimate of drug-likeness (QED) is 0.583. The van der Waals surface area contributed by atoms with Gasteiger partial charge < -0.3 is 9.64 Å². The van der Waals surface area contributed by atoms with Crippen LogP contribution in [0.3, 0.4) is 0 Å². The van der Waals surface area contributed by atoms with Gasteiger partial charge in [-0.2, -0.15) is 5.10 Å². The van der Waals surface area contributed by atoms with Gasteiger partial charge in [0, 0.05) is 20.1 Å². The molecule has 4 rings (SSSR count). The van der Waals surface area contributed by atoms with E-state index in [0.29, 0.717) is 23.6 Å². The molecule has 2 aromatic heterocycles. The number of amides is 1. The number of hydrogen-bond acceptors (Lipinski definition) is 5. The number of aromatic nitrogens is 4. The number of fused-ring (bicyclic) bond motifs is 1. The summed E-state index contributed by atoms with van der Waals surface area (Å²) in [5.74, 6) is 1.50. The van der Waals surface area contributed by atoms with E-state index in [-0.39, 0.29) is 18.0 Å². The monoisotopic (exact) mass is 423 g/mol. The lowest BCUT2D eigenvalue weighted by Crippen LogP contribution is -2.41. The molecule has 1 aliphatic heterocycles. The van der Waals surface area contributed by atoms with Crippen molar-refractivity contribution in [3.05, 3.63) is 52.7 Å². The van der Waals surface area contributed by atoms with Crippen LogP contribution >= 0.6 is 0 Å². The lowest BCUT2D eigenvalue weighted by molar-refractivity contribution is -0.133. The molecular formula is C23H29N5O3. The molecule has 0 unspecified atom stereocenters. The van der Waals surface area contributed by atoms with Crippen LogP contribution in [0.5, 0.6) is 5.75 Å². The molecule has 0 N–H and O–H groups in total. The molecule has 1 aliphatic rings. The molecule has 0 aliphatic carbocycles. The van der Waals surface area contributed by atoms with E-state index < -0.39 is 0 Å². The summed E-state index contributed by atoms with van der Waals surface area (Å²) >= 11 is 0. The third-order valence-electron chi connectivity index (χ3n) is 6.07. The number of carbonyl (C=O) groups is 1. The summed E-state index contributed by atoms with van der Waals surface area (Å²) in [7, 11) is 1.74. The number of rotatable bonds is 7. The van der Waals surface area contributed by atoms with E-state index in [1.54, 1.807) is 11.7 Å². The third kappa shape index (κ3) is 4.78. The minimum Gasteiger partial charge on any atom is -0.494 e. The van der Waals surface area contributed by atoms with Crippen molar-refractivity contribution in [2.24, 2.45) is 13.0 Å².